The lowest BCUT2D eigenvalue weighted by atomic mass is 10.1. The molecule has 0 aliphatic rings. The monoisotopic (exact) mass is 304 g/mol. The van der Waals surface area contributed by atoms with Crippen LogP contribution < -0.4 is 4.74 Å². The molecule has 0 unspecified atom stereocenters. The SMILES string of the molecule is CCOc1cc(Cl)c(Cl)cc1C(=O)CCC(=O)OC. The van der Waals surface area contributed by atoms with Crippen molar-refractivity contribution < 1.29 is 19.1 Å². The average molecular weight is 305 g/mol. The standard InChI is InChI=1S/C13H14Cl2O4/c1-3-19-12-7-10(15)9(14)6-8(12)11(16)4-5-13(17)18-2/h6-7H,3-5H2,1-2H3. The quantitative estimate of drug-likeness (QED) is 0.596. The molecule has 0 radical (unpaired) electrons. The van der Waals surface area contributed by atoms with Gasteiger partial charge >= 0.3 is 5.97 Å². The smallest absolute Gasteiger partial charge is 0.305 e. The molecule has 0 aromatic heterocycles. The topological polar surface area (TPSA) is 52.6 Å². The molecule has 0 atom stereocenters. The highest BCUT2D eigenvalue weighted by Gasteiger charge is 2.17. The highest BCUT2D eigenvalue weighted by atomic mass is 35.5. The number of hydrogen-bond donors (Lipinski definition) is 0. The second-order valence-corrected chi connectivity index (χ2v) is 4.51. The van der Waals surface area contributed by atoms with Crippen LogP contribution in [0.15, 0.2) is 12.1 Å². The molecule has 1 rings (SSSR count). The summed E-state index contributed by atoms with van der Waals surface area (Å²) in [4.78, 5) is 23.1. The van der Waals surface area contributed by atoms with Crippen LogP contribution >= 0.6 is 23.2 Å². The van der Waals surface area contributed by atoms with E-state index in [2.05, 4.69) is 4.74 Å². The van der Waals surface area contributed by atoms with E-state index >= 15 is 0 Å². The molecule has 0 fully saturated rings. The summed E-state index contributed by atoms with van der Waals surface area (Å²) in [7, 11) is 1.28. The normalized spacial score (nSPS) is 10.1. The Morgan fingerprint density at radius 3 is 2.37 bits per heavy atom. The highest BCUT2D eigenvalue weighted by Crippen LogP contribution is 2.31. The summed E-state index contributed by atoms with van der Waals surface area (Å²) in [6.45, 7) is 2.19. The van der Waals surface area contributed by atoms with Gasteiger partial charge in [0.05, 0.1) is 35.7 Å². The van der Waals surface area contributed by atoms with Crippen molar-refractivity contribution in [1.29, 1.82) is 0 Å². The van der Waals surface area contributed by atoms with Crippen LogP contribution in [0.3, 0.4) is 0 Å². The number of methoxy groups -OCH3 is 1. The van der Waals surface area contributed by atoms with E-state index in [1.54, 1.807) is 6.92 Å². The van der Waals surface area contributed by atoms with E-state index in [1.807, 2.05) is 0 Å². The Kier molecular flexibility index (Phi) is 6.12. The minimum atomic E-state index is -0.439. The third-order valence-electron chi connectivity index (χ3n) is 2.41. The van der Waals surface area contributed by atoms with Crippen molar-refractivity contribution in [3.05, 3.63) is 27.7 Å². The van der Waals surface area contributed by atoms with E-state index in [4.69, 9.17) is 27.9 Å². The maximum atomic E-state index is 12.0. The molecular weight excluding hydrogens is 291 g/mol. The molecule has 0 heterocycles. The number of benzene rings is 1. The molecule has 0 amide bonds. The lowest BCUT2D eigenvalue weighted by Gasteiger charge is -2.10. The molecule has 1 aromatic carbocycles. The zero-order valence-electron chi connectivity index (χ0n) is 10.7. The number of Topliss-reactive ketones (excluding diaryl/α,β-unsaturated/α-hetero) is 1. The van der Waals surface area contributed by atoms with Crippen molar-refractivity contribution >= 4 is 35.0 Å². The molecule has 6 heteroatoms. The van der Waals surface area contributed by atoms with Gasteiger partial charge in [0.15, 0.2) is 5.78 Å². The summed E-state index contributed by atoms with van der Waals surface area (Å²) in [6, 6.07) is 2.95. The lowest BCUT2D eigenvalue weighted by molar-refractivity contribution is -0.140. The van der Waals surface area contributed by atoms with Crippen LogP contribution in [0.25, 0.3) is 0 Å². The summed E-state index contributed by atoms with van der Waals surface area (Å²) in [5, 5.41) is 0.584. The van der Waals surface area contributed by atoms with Gasteiger partial charge in [0.25, 0.3) is 0 Å². The summed E-state index contributed by atoms with van der Waals surface area (Å²) < 4.78 is 9.83. The van der Waals surface area contributed by atoms with Crippen LogP contribution in [-0.4, -0.2) is 25.5 Å². The molecule has 0 bridgehead atoms. The summed E-state index contributed by atoms with van der Waals surface area (Å²) in [5.41, 5.74) is 0.320. The molecule has 0 saturated heterocycles. The highest BCUT2D eigenvalue weighted by molar-refractivity contribution is 6.42. The van der Waals surface area contributed by atoms with Crippen LogP contribution in [0.5, 0.6) is 5.75 Å². The van der Waals surface area contributed by atoms with Crippen molar-refractivity contribution in [3.8, 4) is 5.75 Å². The van der Waals surface area contributed by atoms with Gasteiger partial charge in [-0.1, -0.05) is 23.2 Å². The van der Waals surface area contributed by atoms with Gasteiger partial charge in [-0.2, -0.15) is 0 Å². The fraction of sp³-hybridized carbons (Fsp3) is 0.385. The lowest BCUT2D eigenvalue weighted by Crippen LogP contribution is -2.08. The Labute approximate surface area is 121 Å². The van der Waals surface area contributed by atoms with Gasteiger partial charge in [0.2, 0.25) is 0 Å². The largest absolute Gasteiger partial charge is 0.493 e. The third kappa shape index (κ3) is 4.40. The molecule has 0 saturated carbocycles. The molecule has 0 aliphatic heterocycles. The number of carbonyl (C=O) groups excluding carboxylic acids is 2. The summed E-state index contributed by atoms with van der Waals surface area (Å²) >= 11 is 11.8. The Hall–Kier alpha value is -1.26. The molecule has 4 nitrogen and oxygen atoms in total. The Morgan fingerprint density at radius 2 is 1.79 bits per heavy atom. The maximum absolute atomic E-state index is 12.0. The number of halogens is 2. The minimum Gasteiger partial charge on any atom is -0.493 e. The second-order valence-electron chi connectivity index (χ2n) is 3.69. The maximum Gasteiger partial charge on any atom is 0.305 e. The molecule has 0 spiro atoms. The van der Waals surface area contributed by atoms with E-state index in [0.717, 1.165) is 0 Å². The van der Waals surface area contributed by atoms with Crippen molar-refractivity contribution in [3.63, 3.8) is 0 Å². The van der Waals surface area contributed by atoms with E-state index in [0.29, 0.717) is 22.9 Å². The van der Waals surface area contributed by atoms with Crippen molar-refractivity contribution in [2.75, 3.05) is 13.7 Å². The second kappa shape index (κ2) is 7.36. The number of hydrogen-bond acceptors (Lipinski definition) is 4. The van der Waals surface area contributed by atoms with Crippen molar-refractivity contribution in [2.45, 2.75) is 19.8 Å². The molecule has 104 valence electrons. The number of rotatable bonds is 6. The third-order valence-corrected chi connectivity index (χ3v) is 3.13. The van der Waals surface area contributed by atoms with Gasteiger partial charge in [-0.05, 0) is 13.0 Å². The molecule has 0 aliphatic carbocycles. The van der Waals surface area contributed by atoms with Gasteiger partial charge in [0.1, 0.15) is 5.75 Å². The Bertz CT molecular complexity index is 486. The van der Waals surface area contributed by atoms with Gasteiger partial charge in [-0.3, -0.25) is 9.59 Å². The summed E-state index contributed by atoms with van der Waals surface area (Å²) in [5.74, 6) is -0.314. The first-order chi connectivity index (χ1) is 8.99. The Morgan fingerprint density at radius 1 is 1.16 bits per heavy atom. The van der Waals surface area contributed by atoms with Crippen LogP contribution in [0.4, 0.5) is 0 Å². The van der Waals surface area contributed by atoms with Crippen LogP contribution in [0.2, 0.25) is 10.0 Å². The van der Waals surface area contributed by atoms with E-state index in [1.165, 1.54) is 19.2 Å². The van der Waals surface area contributed by atoms with Crippen LogP contribution in [0.1, 0.15) is 30.1 Å². The van der Waals surface area contributed by atoms with Crippen LogP contribution in [-0.2, 0) is 9.53 Å². The zero-order valence-corrected chi connectivity index (χ0v) is 12.2. The predicted molar refractivity (Wildman–Crippen MR) is 73.2 cm³/mol. The summed E-state index contributed by atoms with van der Waals surface area (Å²) in [6.07, 6.45) is 0.0475. The van der Waals surface area contributed by atoms with E-state index in [-0.39, 0.29) is 23.6 Å². The fourth-order valence-corrected chi connectivity index (χ4v) is 1.79. The zero-order chi connectivity index (χ0) is 14.4. The molecule has 0 N–H and O–H groups in total. The van der Waals surface area contributed by atoms with E-state index < -0.39 is 5.97 Å². The van der Waals surface area contributed by atoms with Crippen molar-refractivity contribution in [1.82, 2.24) is 0 Å². The van der Waals surface area contributed by atoms with Gasteiger partial charge < -0.3 is 9.47 Å². The predicted octanol–water partition coefficient (Wildman–Crippen LogP) is 3.53. The number of ether oxygens (including phenoxy) is 2. The molecule has 1 aromatic rings. The van der Waals surface area contributed by atoms with Gasteiger partial charge in [-0.25, -0.2) is 0 Å². The van der Waals surface area contributed by atoms with E-state index in [9.17, 15) is 9.59 Å². The Balaban J connectivity index is 2.94. The van der Waals surface area contributed by atoms with Crippen LogP contribution in [0, 0.1) is 0 Å². The van der Waals surface area contributed by atoms with Gasteiger partial charge in [-0.15, -0.1) is 0 Å². The average Bonchev–Trinajstić information content (AvgIpc) is 2.39. The minimum absolute atomic E-state index is 0.0150. The van der Waals surface area contributed by atoms with Gasteiger partial charge in [0, 0.05) is 12.5 Å². The number of esters is 1. The number of carbonyl (C=O) groups is 2. The van der Waals surface area contributed by atoms with Crippen molar-refractivity contribution in [2.24, 2.45) is 0 Å². The fourth-order valence-electron chi connectivity index (χ4n) is 1.47. The number of ketones is 1. The first-order valence-corrected chi connectivity index (χ1v) is 6.47. The molecule has 19 heavy (non-hydrogen) atoms. The first kappa shape index (κ1) is 15.8. The molecular formula is C13H14Cl2O4. The first-order valence-electron chi connectivity index (χ1n) is 5.71.